The van der Waals surface area contributed by atoms with E-state index in [0.717, 1.165) is 12.5 Å². The Kier molecular flexibility index (Phi) is 4.51. The Hall–Kier alpha value is -0.930. The lowest BCUT2D eigenvalue weighted by atomic mass is 9.90. The number of pyridine rings is 1. The van der Waals surface area contributed by atoms with Gasteiger partial charge >= 0.3 is 0 Å². The normalized spacial score (nSPS) is 22.6. The molecule has 1 aromatic heterocycles. The first kappa shape index (κ1) is 12.5. The van der Waals surface area contributed by atoms with Crippen LogP contribution in [-0.2, 0) is 0 Å². The second-order valence-corrected chi connectivity index (χ2v) is 5.18. The molecule has 0 bridgehead atoms. The van der Waals surface area contributed by atoms with Crippen LogP contribution >= 0.6 is 0 Å². The summed E-state index contributed by atoms with van der Waals surface area (Å²) in [6.45, 7) is 2.35. The van der Waals surface area contributed by atoms with Crippen molar-refractivity contribution in [1.82, 2.24) is 15.2 Å². The molecule has 0 amide bonds. The van der Waals surface area contributed by atoms with Crippen molar-refractivity contribution in [1.29, 1.82) is 0 Å². The number of nitrogens with zero attached hydrogens (tertiary/aromatic N) is 2. The monoisotopic (exact) mass is 233 g/mol. The fourth-order valence-electron chi connectivity index (χ4n) is 2.61. The van der Waals surface area contributed by atoms with Gasteiger partial charge in [-0.2, -0.15) is 0 Å². The van der Waals surface area contributed by atoms with E-state index in [1.807, 2.05) is 12.3 Å². The van der Waals surface area contributed by atoms with Crippen molar-refractivity contribution in [3.63, 3.8) is 0 Å². The van der Waals surface area contributed by atoms with Gasteiger partial charge < -0.3 is 10.2 Å². The van der Waals surface area contributed by atoms with E-state index in [1.54, 1.807) is 0 Å². The van der Waals surface area contributed by atoms with Gasteiger partial charge in [-0.05, 0) is 64.5 Å². The molecule has 2 unspecified atom stereocenters. The van der Waals surface area contributed by atoms with Gasteiger partial charge in [0.15, 0.2) is 0 Å². The van der Waals surface area contributed by atoms with Gasteiger partial charge in [0.25, 0.3) is 0 Å². The van der Waals surface area contributed by atoms with E-state index in [0.29, 0.717) is 6.04 Å². The van der Waals surface area contributed by atoms with Crippen LogP contribution in [0.25, 0.3) is 0 Å². The van der Waals surface area contributed by atoms with Crippen LogP contribution in [-0.4, -0.2) is 37.1 Å². The first-order chi connectivity index (χ1) is 8.27. The molecule has 1 aromatic rings. The Labute approximate surface area is 104 Å². The Balaban J connectivity index is 2.02. The quantitative estimate of drug-likeness (QED) is 0.863. The maximum Gasteiger partial charge on any atom is 0.0575 e. The average Bonchev–Trinajstić information content (AvgIpc) is 2.38. The minimum atomic E-state index is 0.445. The standard InChI is InChI=1S/C14H23N3/c1-17(2)14(13-7-3-4-9-16-13)10-12-6-5-8-15-11-12/h3-4,7,9,12,14-15H,5-6,8,10-11H2,1-2H3. The van der Waals surface area contributed by atoms with Gasteiger partial charge in [0.05, 0.1) is 11.7 Å². The zero-order valence-electron chi connectivity index (χ0n) is 10.9. The molecule has 0 saturated carbocycles. The van der Waals surface area contributed by atoms with Gasteiger partial charge in [-0.15, -0.1) is 0 Å². The molecule has 1 aliphatic heterocycles. The van der Waals surface area contributed by atoms with Crippen LogP contribution in [0.3, 0.4) is 0 Å². The van der Waals surface area contributed by atoms with Crippen molar-refractivity contribution < 1.29 is 0 Å². The van der Waals surface area contributed by atoms with E-state index in [4.69, 9.17) is 0 Å². The van der Waals surface area contributed by atoms with Crippen molar-refractivity contribution in [3.05, 3.63) is 30.1 Å². The van der Waals surface area contributed by atoms with Gasteiger partial charge in [-0.3, -0.25) is 4.98 Å². The van der Waals surface area contributed by atoms with E-state index in [-0.39, 0.29) is 0 Å². The highest BCUT2D eigenvalue weighted by molar-refractivity contribution is 5.09. The number of hydrogen-bond donors (Lipinski definition) is 1. The molecule has 1 fully saturated rings. The third kappa shape index (κ3) is 3.51. The zero-order valence-corrected chi connectivity index (χ0v) is 10.9. The van der Waals surface area contributed by atoms with Crippen LogP contribution < -0.4 is 5.32 Å². The summed E-state index contributed by atoms with van der Waals surface area (Å²) in [4.78, 5) is 6.79. The molecule has 0 aromatic carbocycles. The molecule has 3 heteroatoms. The summed E-state index contributed by atoms with van der Waals surface area (Å²) < 4.78 is 0. The summed E-state index contributed by atoms with van der Waals surface area (Å²) in [5.74, 6) is 0.790. The minimum Gasteiger partial charge on any atom is -0.316 e. The largest absolute Gasteiger partial charge is 0.316 e. The molecule has 0 radical (unpaired) electrons. The number of nitrogens with one attached hydrogen (secondary N) is 1. The predicted molar refractivity (Wildman–Crippen MR) is 70.9 cm³/mol. The molecule has 17 heavy (non-hydrogen) atoms. The summed E-state index contributed by atoms with van der Waals surface area (Å²) in [5.41, 5.74) is 1.20. The van der Waals surface area contributed by atoms with Crippen molar-refractivity contribution in [3.8, 4) is 0 Å². The third-order valence-electron chi connectivity index (χ3n) is 3.61. The predicted octanol–water partition coefficient (Wildman–Crippen LogP) is 2.07. The molecule has 3 nitrogen and oxygen atoms in total. The fourth-order valence-corrected chi connectivity index (χ4v) is 2.61. The molecular formula is C14H23N3. The summed E-state index contributed by atoms with van der Waals surface area (Å²) in [5, 5.41) is 3.49. The van der Waals surface area contributed by atoms with Crippen LogP contribution in [0.1, 0.15) is 31.0 Å². The summed E-state index contributed by atoms with van der Waals surface area (Å²) in [7, 11) is 4.30. The van der Waals surface area contributed by atoms with Crippen LogP contribution in [0.2, 0.25) is 0 Å². The van der Waals surface area contributed by atoms with Crippen LogP contribution in [0.4, 0.5) is 0 Å². The number of piperidine rings is 1. The first-order valence-electron chi connectivity index (χ1n) is 6.55. The molecule has 1 N–H and O–H groups in total. The fraction of sp³-hybridized carbons (Fsp3) is 0.643. The summed E-state index contributed by atoms with van der Waals surface area (Å²) >= 11 is 0. The van der Waals surface area contributed by atoms with Crippen molar-refractivity contribution >= 4 is 0 Å². The molecule has 1 aliphatic rings. The smallest absolute Gasteiger partial charge is 0.0575 e. The van der Waals surface area contributed by atoms with Crippen LogP contribution in [0, 0.1) is 5.92 Å². The Morgan fingerprint density at radius 1 is 1.47 bits per heavy atom. The molecule has 0 aliphatic carbocycles. The maximum atomic E-state index is 4.50. The van der Waals surface area contributed by atoms with Crippen molar-refractivity contribution in [2.75, 3.05) is 27.2 Å². The van der Waals surface area contributed by atoms with Crippen LogP contribution in [0.5, 0.6) is 0 Å². The number of rotatable bonds is 4. The highest BCUT2D eigenvalue weighted by Gasteiger charge is 2.22. The van der Waals surface area contributed by atoms with Gasteiger partial charge in [0, 0.05) is 6.20 Å². The molecule has 2 rings (SSSR count). The maximum absolute atomic E-state index is 4.50. The Bertz CT molecular complexity index is 317. The Morgan fingerprint density at radius 3 is 2.94 bits per heavy atom. The topological polar surface area (TPSA) is 28.2 Å². The van der Waals surface area contributed by atoms with Gasteiger partial charge in [-0.1, -0.05) is 6.07 Å². The average molecular weight is 233 g/mol. The van der Waals surface area contributed by atoms with Crippen molar-refractivity contribution in [2.24, 2.45) is 5.92 Å². The summed E-state index contributed by atoms with van der Waals surface area (Å²) in [6.07, 6.45) is 5.76. The molecule has 1 saturated heterocycles. The highest BCUT2D eigenvalue weighted by Crippen LogP contribution is 2.27. The number of hydrogen-bond acceptors (Lipinski definition) is 3. The minimum absolute atomic E-state index is 0.445. The lowest BCUT2D eigenvalue weighted by Gasteiger charge is -2.30. The molecule has 0 spiro atoms. The third-order valence-corrected chi connectivity index (χ3v) is 3.61. The number of aromatic nitrogens is 1. The van der Waals surface area contributed by atoms with E-state index in [2.05, 4.69) is 41.4 Å². The second kappa shape index (κ2) is 6.12. The molecule has 2 atom stereocenters. The van der Waals surface area contributed by atoms with Gasteiger partial charge in [-0.25, -0.2) is 0 Å². The van der Waals surface area contributed by atoms with E-state index < -0.39 is 0 Å². The molecule has 2 heterocycles. The van der Waals surface area contributed by atoms with Gasteiger partial charge in [0.2, 0.25) is 0 Å². The molecular weight excluding hydrogens is 210 g/mol. The second-order valence-electron chi connectivity index (χ2n) is 5.18. The molecule has 94 valence electrons. The lowest BCUT2D eigenvalue weighted by Crippen LogP contribution is -2.33. The van der Waals surface area contributed by atoms with E-state index >= 15 is 0 Å². The summed E-state index contributed by atoms with van der Waals surface area (Å²) in [6, 6.07) is 6.65. The van der Waals surface area contributed by atoms with E-state index in [1.165, 1.54) is 31.5 Å². The van der Waals surface area contributed by atoms with Crippen LogP contribution in [0.15, 0.2) is 24.4 Å². The SMILES string of the molecule is CN(C)C(CC1CCCNC1)c1ccccn1. The Morgan fingerprint density at radius 2 is 2.35 bits per heavy atom. The van der Waals surface area contributed by atoms with E-state index in [9.17, 15) is 0 Å². The van der Waals surface area contributed by atoms with Gasteiger partial charge in [0.1, 0.15) is 0 Å². The lowest BCUT2D eigenvalue weighted by molar-refractivity contribution is 0.221. The first-order valence-corrected chi connectivity index (χ1v) is 6.55. The highest BCUT2D eigenvalue weighted by atomic mass is 15.1. The van der Waals surface area contributed by atoms with Crippen molar-refractivity contribution in [2.45, 2.75) is 25.3 Å². The zero-order chi connectivity index (χ0) is 12.1.